The molecule has 0 N–H and O–H groups in total. The van der Waals surface area contributed by atoms with Gasteiger partial charge in [0.1, 0.15) is 6.33 Å². The topological polar surface area (TPSA) is 30.7 Å². The highest BCUT2D eigenvalue weighted by Gasteiger charge is 1.89. The second-order valence-corrected chi connectivity index (χ2v) is 2.08. The SMILES string of the molecule is CCn1cnc(Br)n1. The van der Waals surface area contributed by atoms with E-state index in [4.69, 9.17) is 0 Å². The lowest BCUT2D eigenvalue weighted by Crippen LogP contribution is -1.92. The summed E-state index contributed by atoms with van der Waals surface area (Å²) in [5.74, 6) is 0. The molecule has 4 heteroatoms. The Hall–Kier alpha value is -0.380. The molecule has 0 radical (unpaired) electrons. The summed E-state index contributed by atoms with van der Waals surface area (Å²) >= 11 is 3.13. The molecule has 0 unspecified atom stereocenters. The van der Waals surface area contributed by atoms with Gasteiger partial charge < -0.3 is 0 Å². The lowest BCUT2D eigenvalue weighted by atomic mass is 10.8. The second kappa shape index (κ2) is 2.26. The number of aromatic nitrogens is 3. The summed E-state index contributed by atoms with van der Waals surface area (Å²) < 4.78 is 2.41. The van der Waals surface area contributed by atoms with Gasteiger partial charge in [0.15, 0.2) is 0 Å². The first-order valence-electron chi connectivity index (χ1n) is 2.38. The molecule has 0 spiro atoms. The molecule has 0 aliphatic heterocycles. The summed E-state index contributed by atoms with van der Waals surface area (Å²) in [5.41, 5.74) is 0. The number of halogens is 1. The van der Waals surface area contributed by atoms with E-state index >= 15 is 0 Å². The number of hydrogen-bond donors (Lipinski definition) is 0. The molecular weight excluding hydrogens is 170 g/mol. The molecule has 1 rings (SSSR count). The van der Waals surface area contributed by atoms with Crippen LogP contribution >= 0.6 is 15.9 Å². The normalized spacial score (nSPS) is 9.75. The Balaban J connectivity index is 2.84. The van der Waals surface area contributed by atoms with Crippen LogP contribution in [-0.2, 0) is 6.54 Å². The summed E-state index contributed by atoms with van der Waals surface area (Å²) in [4.78, 5) is 3.86. The number of aryl methyl sites for hydroxylation is 1. The molecule has 0 atom stereocenters. The van der Waals surface area contributed by atoms with Crippen molar-refractivity contribution in [2.45, 2.75) is 13.5 Å². The molecule has 1 aromatic heterocycles. The van der Waals surface area contributed by atoms with Gasteiger partial charge in [0, 0.05) is 6.54 Å². The largest absolute Gasteiger partial charge is 0.252 e. The fraction of sp³-hybridized carbons (Fsp3) is 0.500. The maximum Gasteiger partial charge on any atom is 0.217 e. The Labute approximate surface area is 55.9 Å². The Morgan fingerprint density at radius 3 is 2.88 bits per heavy atom. The van der Waals surface area contributed by atoms with Crippen LogP contribution in [0.4, 0.5) is 0 Å². The fourth-order valence-corrected chi connectivity index (χ4v) is 0.720. The van der Waals surface area contributed by atoms with E-state index in [2.05, 4.69) is 26.0 Å². The van der Waals surface area contributed by atoms with Crippen molar-refractivity contribution in [3.8, 4) is 0 Å². The highest BCUT2D eigenvalue weighted by molar-refractivity contribution is 9.10. The van der Waals surface area contributed by atoms with Gasteiger partial charge in [-0.3, -0.25) is 4.68 Å². The minimum Gasteiger partial charge on any atom is -0.252 e. The Kier molecular flexibility index (Phi) is 1.62. The molecule has 0 saturated carbocycles. The van der Waals surface area contributed by atoms with Gasteiger partial charge in [-0.05, 0) is 22.9 Å². The third-order valence-corrected chi connectivity index (χ3v) is 1.20. The quantitative estimate of drug-likeness (QED) is 0.640. The van der Waals surface area contributed by atoms with Gasteiger partial charge in [-0.2, -0.15) is 0 Å². The maximum absolute atomic E-state index is 3.95. The van der Waals surface area contributed by atoms with Crippen molar-refractivity contribution >= 4 is 15.9 Å². The Bertz CT molecular complexity index is 172. The zero-order valence-corrected chi connectivity index (χ0v) is 6.09. The van der Waals surface area contributed by atoms with Gasteiger partial charge in [0.2, 0.25) is 4.73 Å². The van der Waals surface area contributed by atoms with E-state index in [1.165, 1.54) is 0 Å². The van der Waals surface area contributed by atoms with E-state index < -0.39 is 0 Å². The molecule has 1 heterocycles. The summed E-state index contributed by atoms with van der Waals surface area (Å²) in [5, 5.41) is 3.95. The first-order valence-corrected chi connectivity index (χ1v) is 3.17. The standard InChI is InChI=1S/C4H6BrN3/c1-2-8-3-6-4(5)7-8/h3H,2H2,1H3. The number of hydrogen-bond acceptors (Lipinski definition) is 2. The summed E-state index contributed by atoms with van der Waals surface area (Å²) in [6.07, 6.45) is 1.68. The highest BCUT2D eigenvalue weighted by atomic mass is 79.9. The van der Waals surface area contributed by atoms with E-state index in [1.807, 2.05) is 6.92 Å². The van der Waals surface area contributed by atoms with Crippen LogP contribution in [0.5, 0.6) is 0 Å². The Morgan fingerprint density at radius 2 is 2.62 bits per heavy atom. The van der Waals surface area contributed by atoms with Crippen LogP contribution < -0.4 is 0 Å². The van der Waals surface area contributed by atoms with Crippen LogP contribution in [0.1, 0.15) is 6.92 Å². The predicted octanol–water partition coefficient (Wildman–Crippen LogP) is 1.06. The average Bonchev–Trinajstić information content (AvgIpc) is 2.14. The number of rotatable bonds is 1. The van der Waals surface area contributed by atoms with Crippen molar-refractivity contribution in [2.75, 3.05) is 0 Å². The van der Waals surface area contributed by atoms with Crippen molar-refractivity contribution in [1.29, 1.82) is 0 Å². The fourth-order valence-electron chi connectivity index (χ4n) is 0.424. The van der Waals surface area contributed by atoms with Crippen LogP contribution in [0, 0.1) is 0 Å². The third kappa shape index (κ3) is 1.06. The lowest BCUT2D eigenvalue weighted by Gasteiger charge is -1.86. The summed E-state index contributed by atoms with van der Waals surface area (Å²) in [6, 6.07) is 0. The van der Waals surface area contributed by atoms with E-state index in [1.54, 1.807) is 11.0 Å². The molecule has 3 nitrogen and oxygen atoms in total. The van der Waals surface area contributed by atoms with E-state index in [0.717, 1.165) is 6.54 Å². The van der Waals surface area contributed by atoms with E-state index in [0.29, 0.717) is 4.73 Å². The first-order chi connectivity index (χ1) is 3.83. The smallest absolute Gasteiger partial charge is 0.217 e. The highest BCUT2D eigenvalue weighted by Crippen LogP contribution is 1.97. The van der Waals surface area contributed by atoms with Crippen molar-refractivity contribution in [1.82, 2.24) is 14.8 Å². The zero-order valence-electron chi connectivity index (χ0n) is 4.50. The zero-order chi connectivity index (χ0) is 5.98. The van der Waals surface area contributed by atoms with Gasteiger partial charge in [-0.1, -0.05) is 0 Å². The Morgan fingerprint density at radius 1 is 1.88 bits per heavy atom. The molecule has 0 saturated heterocycles. The summed E-state index contributed by atoms with van der Waals surface area (Å²) in [7, 11) is 0. The van der Waals surface area contributed by atoms with Crippen LogP contribution in [0.15, 0.2) is 11.1 Å². The van der Waals surface area contributed by atoms with E-state index in [-0.39, 0.29) is 0 Å². The summed E-state index contributed by atoms with van der Waals surface area (Å²) in [6.45, 7) is 2.89. The van der Waals surface area contributed by atoms with E-state index in [9.17, 15) is 0 Å². The molecule has 0 fully saturated rings. The average molecular weight is 176 g/mol. The predicted molar refractivity (Wildman–Crippen MR) is 33.4 cm³/mol. The van der Waals surface area contributed by atoms with Crippen molar-refractivity contribution in [3.63, 3.8) is 0 Å². The van der Waals surface area contributed by atoms with Gasteiger partial charge in [0.25, 0.3) is 0 Å². The van der Waals surface area contributed by atoms with Crippen molar-refractivity contribution < 1.29 is 0 Å². The molecule has 0 aromatic carbocycles. The molecule has 0 aliphatic rings. The van der Waals surface area contributed by atoms with Crippen LogP contribution in [-0.4, -0.2) is 14.8 Å². The van der Waals surface area contributed by atoms with Crippen LogP contribution in [0.25, 0.3) is 0 Å². The second-order valence-electron chi connectivity index (χ2n) is 1.37. The molecule has 8 heavy (non-hydrogen) atoms. The molecule has 0 aliphatic carbocycles. The molecule has 0 amide bonds. The maximum atomic E-state index is 3.95. The van der Waals surface area contributed by atoms with Gasteiger partial charge >= 0.3 is 0 Å². The minimum atomic E-state index is 0.652. The van der Waals surface area contributed by atoms with Crippen LogP contribution in [0.2, 0.25) is 0 Å². The lowest BCUT2D eigenvalue weighted by molar-refractivity contribution is 0.654. The van der Waals surface area contributed by atoms with Crippen molar-refractivity contribution in [2.24, 2.45) is 0 Å². The molecule has 44 valence electrons. The van der Waals surface area contributed by atoms with Gasteiger partial charge in [0.05, 0.1) is 0 Å². The first kappa shape index (κ1) is 5.75. The molecule has 0 bridgehead atoms. The van der Waals surface area contributed by atoms with Gasteiger partial charge in [-0.15, -0.1) is 5.10 Å². The molecular formula is C4H6BrN3. The molecule has 1 aromatic rings. The third-order valence-electron chi connectivity index (χ3n) is 0.833. The van der Waals surface area contributed by atoms with Crippen LogP contribution in [0.3, 0.4) is 0 Å². The number of nitrogens with zero attached hydrogens (tertiary/aromatic N) is 3. The monoisotopic (exact) mass is 175 g/mol. The van der Waals surface area contributed by atoms with Crippen molar-refractivity contribution in [3.05, 3.63) is 11.1 Å². The van der Waals surface area contributed by atoms with Gasteiger partial charge in [-0.25, -0.2) is 4.98 Å². The minimum absolute atomic E-state index is 0.652.